The van der Waals surface area contributed by atoms with Gasteiger partial charge >= 0.3 is 11.7 Å². The fourth-order valence-electron chi connectivity index (χ4n) is 2.83. The van der Waals surface area contributed by atoms with Crippen molar-refractivity contribution in [1.82, 2.24) is 5.43 Å². The molecule has 0 saturated carbocycles. The topological polar surface area (TPSA) is 174 Å². The number of aromatic hydroxyl groups is 1. The number of carbonyl (C=O) groups excluding carboxylic acids is 2. The number of non-ortho nitro benzene ring substituents is 1. The fraction of sp³-hybridized carbons (Fsp3) is 0. The largest absolute Gasteiger partial charge is 0.507 e. The molecule has 0 radical (unpaired) electrons. The summed E-state index contributed by atoms with van der Waals surface area (Å²) in [6.45, 7) is 0. The van der Waals surface area contributed by atoms with Crippen molar-refractivity contribution in [3.8, 4) is 11.5 Å². The number of carbonyl (C=O) groups is 2. The number of rotatable bonds is 8. The first-order valence-electron chi connectivity index (χ1n) is 9.79. The van der Waals surface area contributed by atoms with Crippen LogP contribution in [0.4, 0.5) is 11.4 Å². The van der Waals surface area contributed by atoms with E-state index in [1.165, 1.54) is 66.7 Å². The second kappa shape index (κ2) is 11.0. The van der Waals surface area contributed by atoms with E-state index in [0.29, 0.717) is 5.56 Å². The van der Waals surface area contributed by atoms with Crippen molar-refractivity contribution < 1.29 is 29.3 Å². The summed E-state index contributed by atoms with van der Waals surface area (Å²) in [5.41, 5.74) is 1.77. The van der Waals surface area contributed by atoms with E-state index < -0.39 is 33.2 Å². The quantitative estimate of drug-likeness (QED) is 0.124. The van der Waals surface area contributed by atoms with Crippen LogP contribution < -0.4 is 10.2 Å². The molecule has 3 aromatic rings. The second-order valence-electron chi connectivity index (χ2n) is 6.78. The van der Waals surface area contributed by atoms with Crippen LogP contribution in [0.2, 0.25) is 0 Å². The maximum atomic E-state index is 12.3. The van der Waals surface area contributed by atoms with Crippen LogP contribution in [0.1, 0.15) is 21.5 Å². The van der Waals surface area contributed by atoms with Gasteiger partial charge in [-0.05, 0) is 29.8 Å². The molecule has 0 bridgehead atoms. The molecule has 1 amide bonds. The number of nitrogens with zero attached hydrogens (tertiary/aromatic N) is 3. The zero-order valence-electron chi connectivity index (χ0n) is 17.7. The van der Waals surface area contributed by atoms with E-state index in [0.717, 1.165) is 18.4 Å². The SMILES string of the molecule is O=C(/C=C/c1cccc([N+](=O)[O-])c1)Oc1c(/C=N/NC(=O)c2ccccc2O)cccc1[N+](=O)[O-]. The number of phenols is 1. The van der Waals surface area contributed by atoms with Gasteiger partial charge in [0.2, 0.25) is 5.75 Å². The van der Waals surface area contributed by atoms with Gasteiger partial charge in [0.15, 0.2) is 0 Å². The predicted octanol–water partition coefficient (Wildman–Crippen LogP) is 3.59. The van der Waals surface area contributed by atoms with E-state index in [-0.39, 0.29) is 22.6 Å². The highest BCUT2D eigenvalue weighted by atomic mass is 16.6. The number of hydrogen-bond acceptors (Lipinski definition) is 9. The first-order valence-corrected chi connectivity index (χ1v) is 9.79. The summed E-state index contributed by atoms with van der Waals surface area (Å²) in [4.78, 5) is 45.4. The van der Waals surface area contributed by atoms with Gasteiger partial charge in [-0.3, -0.25) is 25.0 Å². The molecule has 12 heteroatoms. The minimum absolute atomic E-state index is 0.00822. The number of ether oxygens (including phenoxy) is 1. The zero-order valence-corrected chi connectivity index (χ0v) is 17.7. The van der Waals surface area contributed by atoms with Crippen LogP contribution in [-0.4, -0.2) is 33.0 Å². The molecule has 35 heavy (non-hydrogen) atoms. The highest BCUT2D eigenvalue weighted by Gasteiger charge is 2.21. The minimum Gasteiger partial charge on any atom is -0.507 e. The monoisotopic (exact) mass is 476 g/mol. The van der Waals surface area contributed by atoms with Crippen LogP contribution >= 0.6 is 0 Å². The van der Waals surface area contributed by atoms with Gasteiger partial charge in [-0.2, -0.15) is 5.10 Å². The van der Waals surface area contributed by atoms with Gasteiger partial charge in [-0.15, -0.1) is 0 Å². The molecule has 176 valence electrons. The number of phenolic OH excluding ortho intramolecular Hbond substituents is 1. The molecule has 3 rings (SSSR count). The van der Waals surface area contributed by atoms with Crippen LogP contribution in [0.25, 0.3) is 6.08 Å². The zero-order chi connectivity index (χ0) is 25.4. The molecule has 0 spiro atoms. The summed E-state index contributed by atoms with van der Waals surface area (Å²) in [5, 5.41) is 35.7. The van der Waals surface area contributed by atoms with E-state index in [4.69, 9.17) is 4.74 Å². The third kappa shape index (κ3) is 6.32. The van der Waals surface area contributed by atoms with Gasteiger partial charge in [0, 0.05) is 29.8 Å². The van der Waals surface area contributed by atoms with E-state index in [1.807, 2.05) is 0 Å². The lowest BCUT2D eigenvalue weighted by molar-refractivity contribution is -0.385. The molecule has 0 saturated heterocycles. The van der Waals surface area contributed by atoms with Crippen molar-refractivity contribution in [1.29, 1.82) is 0 Å². The number of nitrogens with one attached hydrogen (secondary N) is 1. The third-order valence-electron chi connectivity index (χ3n) is 4.44. The molecule has 0 fully saturated rings. The maximum Gasteiger partial charge on any atom is 0.336 e. The van der Waals surface area contributed by atoms with Crippen molar-refractivity contribution in [2.24, 2.45) is 5.10 Å². The van der Waals surface area contributed by atoms with Gasteiger partial charge in [-0.1, -0.05) is 30.3 Å². The Bertz CT molecular complexity index is 1370. The predicted molar refractivity (Wildman–Crippen MR) is 124 cm³/mol. The molecule has 12 nitrogen and oxygen atoms in total. The Kier molecular flexibility index (Phi) is 7.60. The van der Waals surface area contributed by atoms with Gasteiger partial charge in [0.1, 0.15) is 5.75 Å². The maximum absolute atomic E-state index is 12.3. The summed E-state index contributed by atoms with van der Waals surface area (Å²) < 4.78 is 5.15. The molecule has 2 N–H and O–H groups in total. The summed E-state index contributed by atoms with van der Waals surface area (Å²) in [6.07, 6.45) is 3.25. The van der Waals surface area contributed by atoms with Crippen molar-refractivity contribution in [2.45, 2.75) is 0 Å². The first kappa shape index (κ1) is 24.3. The number of hydrogen-bond donors (Lipinski definition) is 2. The molecule has 0 aliphatic carbocycles. The molecule has 0 aromatic heterocycles. The van der Waals surface area contributed by atoms with Gasteiger partial charge < -0.3 is 9.84 Å². The van der Waals surface area contributed by atoms with E-state index in [9.17, 15) is 34.9 Å². The normalized spacial score (nSPS) is 10.9. The smallest absolute Gasteiger partial charge is 0.336 e. The van der Waals surface area contributed by atoms with Crippen molar-refractivity contribution >= 4 is 35.5 Å². The van der Waals surface area contributed by atoms with Crippen LogP contribution in [-0.2, 0) is 4.79 Å². The Hall–Kier alpha value is -5.39. The van der Waals surface area contributed by atoms with E-state index >= 15 is 0 Å². The standard InChI is InChI=1S/C23H16N4O8/c28-20-10-2-1-8-18(20)23(30)25-24-14-16-6-4-9-19(27(33)34)22(16)35-21(29)12-11-15-5-3-7-17(13-15)26(31)32/h1-14,28H,(H,25,30)/b12-11+,24-14+. The fourth-order valence-corrected chi connectivity index (χ4v) is 2.83. The second-order valence-corrected chi connectivity index (χ2v) is 6.78. The Morgan fingerprint density at radius 1 is 0.971 bits per heavy atom. The number of esters is 1. The number of nitro benzene ring substituents is 2. The molecular formula is C23H16N4O8. The van der Waals surface area contributed by atoms with Gasteiger partial charge in [0.05, 0.1) is 21.6 Å². The Morgan fingerprint density at radius 2 is 1.71 bits per heavy atom. The molecule has 3 aromatic carbocycles. The summed E-state index contributed by atoms with van der Waals surface area (Å²) in [7, 11) is 0. The van der Waals surface area contributed by atoms with Crippen LogP contribution in [0, 0.1) is 20.2 Å². The highest BCUT2D eigenvalue weighted by molar-refractivity contribution is 5.98. The lowest BCUT2D eigenvalue weighted by Crippen LogP contribution is -2.17. The summed E-state index contributed by atoms with van der Waals surface area (Å²) >= 11 is 0. The van der Waals surface area contributed by atoms with Crippen LogP contribution in [0.5, 0.6) is 11.5 Å². The molecule has 0 aliphatic rings. The highest BCUT2D eigenvalue weighted by Crippen LogP contribution is 2.30. The van der Waals surface area contributed by atoms with Crippen molar-refractivity contribution in [2.75, 3.05) is 0 Å². The Balaban J connectivity index is 1.80. The van der Waals surface area contributed by atoms with Crippen molar-refractivity contribution in [3.63, 3.8) is 0 Å². The Morgan fingerprint density at radius 3 is 2.43 bits per heavy atom. The molecular weight excluding hydrogens is 460 g/mol. The first-order chi connectivity index (χ1) is 16.8. The number of hydrazone groups is 1. The van der Waals surface area contributed by atoms with Crippen LogP contribution in [0.15, 0.2) is 77.9 Å². The van der Waals surface area contributed by atoms with Gasteiger partial charge in [-0.25, -0.2) is 10.2 Å². The van der Waals surface area contributed by atoms with E-state index in [2.05, 4.69) is 10.5 Å². The molecule has 0 unspecified atom stereocenters. The Labute approximate surface area is 197 Å². The summed E-state index contributed by atoms with van der Waals surface area (Å²) in [6, 6.07) is 15.1. The average Bonchev–Trinajstić information content (AvgIpc) is 2.83. The lowest BCUT2D eigenvalue weighted by Gasteiger charge is -2.06. The summed E-state index contributed by atoms with van der Waals surface area (Å²) in [5.74, 6) is -2.41. The number of benzene rings is 3. The van der Waals surface area contributed by atoms with Crippen LogP contribution in [0.3, 0.4) is 0 Å². The molecule has 0 aliphatic heterocycles. The third-order valence-corrected chi connectivity index (χ3v) is 4.44. The number of nitro groups is 2. The minimum atomic E-state index is -0.987. The number of amides is 1. The van der Waals surface area contributed by atoms with Gasteiger partial charge in [0.25, 0.3) is 11.6 Å². The molecule has 0 heterocycles. The van der Waals surface area contributed by atoms with E-state index in [1.54, 1.807) is 0 Å². The average molecular weight is 476 g/mol. The van der Waals surface area contributed by atoms with Crippen molar-refractivity contribution in [3.05, 3.63) is 110 Å². The number of para-hydroxylation sites is 2. The molecule has 0 atom stereocenters. The lowest BCUT2D eigenvalue weighted by atomic mass is 10.2.